The van der Waals surface area contributed by atoms with E-state index in [2.05, 4.69) is 22.8 Å². The highest BCUT2D eigenvalue weighted by Gasteiger charge is 2.35. The molecule has 0 aromatic carbocycles. The second kappa shape index (κ2) is 6.34. The van der Waals surface area contributed by atoms with Crippen molar-refractivity contribution in [2.45, 2.75) is 25.8 Å². The maximum Gasteiger partial charge on any atom is 0.236 e. The number of nitrogens with one attached hydrogen (secondary N) is 2. The molecule has 0 spiro atoms. The average Bonchev–Trinajstić information content (AvgIpc) is 2.98. The summed E-state index contributed by atoms with van der Waals surface area (Å²) in [6, 6.07) is -0.120. The second-order valence-electron chi connectivity index (χ2n) is 5.45. The third-order valence-electron chi connectivity index (χ3n) is 4.10. The number of hydrogen-bond acceptors (Lipinski definition) is 3. The average molecular weight is 252 g/mol. The number of ether oxygens (including phenoxy) is 1. The number of carbonyl (C=O) groups excluding carboxylic acids is 1. The Morgan fingerprint density at radius 3 is 2.89 bits per heavy atom. The molecule has 0 radical (unpaired) electrons. The molecule has 4 nitrogen and oxygen atoms in total. The van der Waals surface area contributed by atoms with Gasteiger partial charge >= 0.3 is 0 Å². The minimum Gasteiger partial charge on any atom is -0.383 e. The first-order valence-corrected chi connectivity index (χ1v) is 6.89. The van der Waals surface area contributed by atoms with Gasteiger partial charge in [-0.15, -0.1) is 0 Å². The second-order valence-corrected chi connectivity index (χ2v) is 5.45. The van der Waals surface area contributed by atoms with Crippen LogP contribution in [0.4, 0.5) is 0 Å². The molecule has 2 bridgehead atoms. The minimum absolute atomic E-state index is 0.0609. The molecule has 1 amide bonds. The van der Waals surface area contributed by atoms with Crippen LogP contribution in [-0.4, -0.2) is 38.8 Å². The molecule has 2 aliphatic carbocycles. The highest BCUT2D eigenvalue weighted by atomic mass is 16.5. The summed E-state index contributed by atoms with van der Waals surface area (Å²) < 4.78 is 4.90. The van der Waals surface area contributed by atoms with E-state index in [0.29, 0.717) is 19.1 Å². The summed E-state index contributed by atoms with van der Waals surface area (Å²) in [6.07, 6.45) is 7.30. The smallest absolute Gasteiger partial charge is 0.236 e. The maximum absolute atomic E-state index is 11.7. The molecule has 2 N–H and O–H groups in total. The van der Waals surface area contributed by atoms with Crippen LogP contribution in [0.5, 0.6) is 0 Å². The molecule has 0 saturated heterocycles. The Kier molecular flexibility index (Phi) is 4.78. The van der Waals surface area contributed by atoms with E-state index < -0.39 is 0 Å². The molecule has 1 fully saturated rings. The third kappa shape index (κ3) is 3.33. The molecular formula is C14H24N2O2. The summed E-state index contributed by atoms with van der Waals surface area (Å²) in [5.41, 5.74) is 0. The molecule has 1 saturated carbocycles. The molecule has 0 aromatic heterocycles. The van der Waals surface area contributed by atoms with Crippen LogP contribution in [-0.2, 0) is 9.53 Å². The first kappa shape index (κ1) is 13.6. The lowest BCUT2D eigenvalue weighted by Gasteiger charge is -2.21. The molecule has 0 aliphatic heterocycles. The highest BCUT2D eigenvalue weighted by Crippen LogP contribution is 2.42. The minimum atomic E-state index is -0.120. The van der Waals surface area contributed by atoms with Crippen molar-refractivity contribution >= 4 is 5.91 Å². The number of methoxy groups -OCH3 is 1. The van der Waals surface area contributed by atoms with E-state index in [1.165, 1.54) is 12.8 Å². The van der Waals surface area contributed by atoms with Crippen LogP contribution >= 0.6 is 0 Å². The number of hydrogen-bond donors (Lipinski definition) is 2. The van der Waals surface area contributed by atoms with Gasteiger partial charge in [0.05, 0.1) is 12.6 Å². The van der Waals surface area contributed by atoms with Crippen molar-refractivity contribution in [3.05, 3.63) is 12.2 Å². The first-order valence-electron chi connectivity index (χ1n) is 6.89. The largest absolute Gasteiger partial charge is 0.383 e. The van der Waals surface area contributed by atoms with Crippen LogP contribution in [0.2, 0.25) is 0 Å². The van der Waals surface area contributed by atoms with Crippen LogP contribution in [0.15, 0.2) is 12.2 Å². The number of fused-ring (bicyclic) bond motifs is 2. The van der Waals surface area contributed by atoms with Gasteiger partial charge in [0.1, 0.15) is 0 Å². The molecule has 2 aliphatic rings. The van der Waals surface area contributed by atoms with Crippen LogP contribution in [0, 0.1) is 17.8 Å². The van der Waals surface area contributed by atoms with E-state index in [1.807, 2.05) is 6.92 Å². The maximum atomic E-state index is 11.7. The predicted molar refractivity (Wildman–Crippen MR) is 71.2 cm³/mol. The van der Waals surface area contributed by atoms with Gasteiger partial charge in [0.25, 0.3) is 0 Å². The van der Waals surface area contributed by atoms with Gasteiger partial charge in [-0.25, -0.2) is 0 Å². The molecule has 4 atom stereocenters. The zero-order valence-electron chi connectivity index (χ0n) is 11.3. The normalized spacial score (nSPS) is 30.7. The van der Waals surface area contributed by atoms with Crippen molar-refractivity contribution in [2.24, 2.45) is 17.8 Å². The van der Waals surface area contributed by atoms with E-state index >= 15 is 0 Å². The first-order chi connectivity index (χ1) is 8.70. The lowest BCUT2D eigenvalue weighted by atomic mass is 9.93. The fraction of sp³-hybridized carbons (Fsp3) is 0.786. The molecule has 18 heavy (non-hydrogen) atoms. The Balaban J connectivity index is 1.64. The van der Waals surface area contributed by atoms with E-state index in [-0.39, 0.29) is 11.9 Å². The van der Waals surface area contributed by atoms with Gasteiger partial charge in [-0.2, -0.15) is 0 Å². The summed E-state index contributed by atoms with van der Waals surface area (Å²) in [5.74, 6) is 2.32. The summed E-state index contributed by atoms with van der Waals surface area (Å²) >= 11 is 0. The summed E-state index contributed by atoms with van der Waals surface area (Å²) in [4.78, 5) is 11.7. The number of carbonyl (C=O) groups is 1. The van der Waals surface area contributed by atoms with Crippen LogP contribution in [0.1, 0.15) is 19.8 Å². The Bertz CT molecular complexity index is 317. The third-order valence-corrected chi connectivity index (χ3v) is 4.10. The zero-order chi connectivity index (χ0) is 13.0. The van der Waals surface area contributed by atoms with Crippen LogP contribution < -0.4 is 10.6 Å². The van der Waals surface area contributed by atoms with Crippen molar-refractivity contribution in [1.29, 1.82) is 0 Å². The van der Waals surface area contributed by atoms with E-state index in [9.17, 15) is 4.79 Å². The molecule has 0 aromatic rings. The molecule has 4 heteroatoms. The fourth-order valence-corrected chi connectivity index (χ4v) is 2.98. The molecule has 2 rings (SSSR count). The Labute approximate surface area is 109 Å². The van der Waals surface area contributed by atoms with Gasteiger partial charge in [0, 0.05) is 13.7 Å². The summed E-state index contributed by atoms with van der Waals surface area (Å²) in [7, 11) is 1.64. The van der Waals surface area contributed by atoms with Crippen molar-refractivity contribution in [3.63, 3.8) is 0 Å². The molecule has 102 valence electrons. The fourth-order valence-electron chi connectivity index (χ4n) is 2.98. The van der Waals surface area contributed by atoms with Gasteiger partial charge in [-0.1, -0.05) is 12.2 Å². The number of rotatable bonds is 7. The number of amides is 1. The topological polar surface area (TPSA) is 50.4 Å². The van der Waals surface area contributed by atoms with Gasteiger partial charge in [0.15, 0.2) is 0 Å². The lowest BCUT2D eigenvalue weighted by Crippen LogP contribution is -2.45. The Morgan fingerprint density at radius 1 is 1.44 bits per heavy atom. The van der Waals surface area contributed by atoms with Crippen LogP contribution in [0.25, 0.3) is 0 Å². The van der Waals surface area contributed by atoms with Crippen molar-refractivity contribution in [2.75, 3.05) is 26.8 Å². The highest BCUT2D eigenvalue weighted by molar-refractivity contribution is 5.81. The molecule has 4 unspecified atom stereocenters. The van der Waals surface area contributed by atoms with Crippen molar-refractivity contribution < 1.29 is 9.53 Å². The van der Waals surface area contributed by atoms with E-state index in [0.717, 1.165) is 18.4 Å². The Morgan fingerprint density at radius 2 is 2.28 bits per heavy atom. The monoisotopic (exact) mass is 252 g/mol. The predicted octanol–water partition coefficient (Wildman–Crippen LogP) is 0.939. The quantitative estimate of drug-likeness (QED) is 0.524. The SMILES string of the molecule is COCCNC(=O)C(C)NCC1CC2C=CC1C2. The van der Waals surface area contributed by atoms with Gasteiger partial charge < -0.3 is 15.4 Å². The molecular weight excluding hydrogens is 228 g/mol. The lowest BCUT2D eigenvalue weighted by molar-refractivity contribution is -0.123. The van der Waals surface area contributed by atoms with Gasteiger partial charge in [0.2, 0.25) is 5.91 Å². The van der Waals surface area contributed by atoms with Gasteiger partial charge in [-0.3, -0.25) is 4.79 Å². The summed E-state index contributed by atoms with van der Waals surface area (Å²) in [5, 5.41) is 6.20. The van der Waals surface area contributed by atoms with Gasteiger partial charge in [-0.05, 0) is 44.1 Å². The zero-order valence-corrected chi connectivity index (χ0v) is 11.3. The standard InChI is InChI=1S/C14H24N2O2/c1-10(14(17)15-5-6-18-2)16-9-13-8-11-3-4-12(13)7-11/h3-4,10-13,16H,5-9H2,1-2H3,(H,15,17). The number of allylic oxidation sites excluding steroid dienone is 2. The van der Waals surface area contributed by atoms with E-state index in [1.54, 1.807) is 7.11 Å². The Hall–Kier alpha value is -0.870. The van der Waals surface area contributed by atoms with Crippen LogP contribution in [0.3, 0.4) is 0 Å². The van der Waals surface area contributed by atoms with Crippen molar-refractivity contribution in [1.82, 2.24) is 10.6 Å². The summed E-state index contributed by atoms with van der Waals surface area (Å²) in [6.45, 7) is 4.02. The van der Waals surface area contributed by atoms with Crippen molar-refractivity contribution in [3.8, 4) is 0 Å². The molecule has 0 heterocycles. The van der Waals surface area contributed by atoms with E-state index in [4.69, 9.17) is 4.74 Å².